The Bertz CT molecular complexity index is 1190. The van der Waals surface area contributed by atoms with Gasteiger partial charge in [0.2, 0.25) is 5.91 Å². The SMILES string of the molecule is O=C(CN1C(=O)S/C(=C\c2ccc(-c3cc(Cl)cc(Cl)c3)o2)C1=O)Nc1ccccc1. The molecule has 0 bridgehead atoms. The molecule has 4 rings (SSSR count). The van der Waals surface area contributed by atoms with Gasteiger partial charge in [0.05, 0.1) is 4.91 Å². The van der Waals surface area contributed by atoms with E-state index in [1.807, 2.05) is 6.07 Å². The highest BCUT2D eigenvalue weighted by molar-refractivity contribution is 8.18. The summed E-state index contributed by atoms with van der Waals surface area (Å²) in [6.07, 6.45) is 1.47. The second-order valence-electron chi connectivity index (χ2n) is 6.54. The monoisotopic (exact) mass is 472 g/mol. The fraction of sp³-hybridized carbons (Fsp3) is 0.0455. The molecule has 0 radical (unpaired) electrons. The zero-order chi connectivity index (χ0) is 22.0. The Morgan fingerprint density at radius 1 is 1.03 bits per heavy atom. The average molecular weight is 473 g/mol. The zero-order valence-corrected chi connectivity index (χ0v) is 18.1. The first kappa shape index (κ1) is 21.2. The lowest BCUT2D eigenvalue weighted by atomic mass is 10.2. The molecule has 0 atom stereocenters. The molecule has 1 N–H and O–H groups in total. The van der Waals surface area contributed by atoms with Crippen LogP contribution in [0.4, 0.5) is 10.5 Å². The lowest BCUT2D eigenvalue weighted by Crippen LogP contribution is -2.36. The third-order valence-electron chi connectivity index (χ3n) is 4.28. The van der Waals surface area contributed by atoms with Crippen LogP contribution in [0.15, 0.2) is 70.0 Å². The van der Waals surface area contributed by atoms with Crippen LogP contribution in [0.1, 0.15) is 5.76 Å². The normalized spacial score (nSPS) is 15.0. The Balaban J connectivity index is 1.47. The number of thioether (sulfide) groups is 1. The molecule has 2 aromatic carbocycles. The van der Waals surface area contributed by atoms with E-state index in [4.69, 9.17) is 27.6 Å². The van der Waals surface area contributed by atoms with E-state index in [9.17, 15) is 14.4 Å². The Morgan fingerprint density at radius 3 is 2.45 bits per heavy atom. The van der Waals surface area contributed by atoms with Crippen LogP contribution < -0.4 is 5.32 Å². The van der Waals surface area contributed by atoms with Gasteiger partial charge in [0, 0.05) is 27.4 Å². The molecule has 156 valence electrons. The standard InChI is InChI=1S/C22H14Cl2N2O4S/c23-14-8-13(9-15(24)10-14)18-7-6-17(30-18)11-19-21(28)26(22(29)31-19)12-20(27)25-16-4-2-1-3-5-16/h1-11H,12H2,(H,25,27)/b19-11-. The van der Waals surface area contributed by atoms with Gasteiger partial charge < -0.3 is 9.73 Å². The summed E-state index contributed by atoms with van der Waals surface area (Å²) in [4.78, 5) is 38.2. The molecule has 31 heavy (non-hydrogen) atoms. The summed E-state index contributed by atoms with van der Waals surface area (Å²) < 4.78 is 5.75. The van der Waals surface area contributed by atoms with Gasteiger partial charge in [0.25, 0.3) is 11.1 Å². The maximum Gasteiger partial charge on any atom is 0.294 e. The molecular formula is C22H14Cl2N2O4S. The maximum atomic E-state index is 12.6. The molecule has 0 aliphatic carbocycles. The number of carbonyl (C=O) groups excluding carboxylic acids is 3. The molecule has 1 aliphatic rings. The average Bonchev–Trinajstić information content (AvgIpc) is 3.29. The van der Waals surface area contributed by atoms with E-state index in [2.05, 4.69) is 5.32 Å². The molecule has 2 heterocycles. The fourth-order valence-electron chi connectivity index (χ4n) is 2.91. The molecule has 1 fully saturated rings. The van der Waals surface area contributed by atoms with Gasteiger partial charge in [-0.05, 0) is 54.2 Å². The van der Waals surface area contributed by atoms with Gasteiger partial charge in [-0.2, -0.15) is 0 Å². The molecule has 0 unspecified atom stereocenters. The number of benzene rings is 2. The van der Waals surface area contributed by atoms with Crippen LogP contribution in [0.2, 0.25) is 10.0 Å². The van der Waals surface area contributed by atoms with Crippen molar-refractivity contribution in [2.75, 3.05) is 11.9 Å². The van der Waals surface area contributed by atoms with Crippen LogP contribution in [-0.4, -0.2) is 28.5 Å². The number of rotatable bonds is 5. The van der Waals surface area contributed by atoms with E-state index in [0.29, 0.717) is 32.8 Å². The summed E-state index contributed by atoms with van der Waals surface area (Å²) in [5.41, 5.74) is 1.27. The number of nitrogens with one attached hydrogen (secondary N) is 1. The molecule has 3 amide bonds. The molecule has 1 saturated heterocycles. The van der Waals surface area contributed by atoms with Gasteiger partial charge in [0.1, 0.15) is 18.1 Å². The van der Waals surface area contributed by atoms with E-state index in [0.717, 1.165) is 16.7 Å². The van der Waals surface area contributed by atoms with Gasteiger partial charge in [-0.1, -0.05) is 41.4 Å². The third-order valence-corrected chi connectivity index (χ3v) is 5.62. The second kappa shape index (κ2) is 9.01. The number of furan rings is 1. The summed E-state index contributed by atoms with van der Waals surface area (Å²) >= 11 is 12.8. The van der Waals surface area contributed by atoms with Crippen LogP contribution in [-0.2, 0) is 9.59 Å². The number of hydrogen-bond acceptors (Lipinski definition) is 5. The molecule has 1 aliphatic heterocycles. The van der Waals surface area contributed by atoms with Crippen molar-refractivity contribution in [1.82, 2.24) is 4.90 Å². The van der Waals surface area contributed by atoms with Crippen molar-refractivity contribution < 1.29 is 18.8 Å². The first-order chi connectivity index (χ1) is 14.9. The molecule has 0 spiro atoms. The van der Waals surface area contributed by atoms with Crippen molar-refractivity contribution in [2.45, 2.75) is 0 Å². The number of hydrogen-bond donors (Lipinski definition) is 1. The number of para-hydroxylation sites is 1. The Labute approximate surface area is 191 Å². The number of anilines is 1. The maximum absolute atomic E-state index is 12.6. The Morgan fingerprint density at radius 2 is 1.74 bits per heavy atom. The predicted octanol–water partition coefficient (Wildman–Crippen LogP) is 5.93. The highest BCUT2D eigenvalue weighted by atomic mass is 35.5. The van der Waals surface area contributed by atoms with Crippen molar-refractivity contribution in [3.05, 3.63) is 81.4 Å². The largest absolute Gasteiger partial charge is 0.457 e. The van der Waals surface area contributed by atoms with Gasteiger partial charge in [-0.3, -0.25) is 19.3 Å². The lowest BCUT2D eigenvalue weighted by molar-refractivity contribution is -0.127. The van der Waals surface area contributed by atoms with Crippen molar-refractivity contribution in [2.24, 2.45) is 0 Å². The Hall–Kier alpha value is -3.00. The zero-order valence-electron chi connectivity index (χ0n) is 15.8. The van der Waals surface area contributed by atoms with Gasteiger partial charge in [0.15, 0.2) is 0 Å². The summed E-state index contributed by atoms with van der Waals surface area (Å²) in [6.45, 7) is -0.374. The number of nitrogens with zero attached hydrogens (tertiary/aromatic N) is 1. The number of carbonyl (C=O) groups is 3. The highest BCUT2D eigenvalue weighted by Crippen LogP contribution is 2.34. The van der Waals surface area contributed by atoms with E-state index in [-0.39, 0.29) is 11.4 Å². The predicted molar refractivity (Wildman–Crippen MR) is 122 cm³/mol. The number of imide groups is 1. The van der Waals surface area contributed by atoms with Crippen molar-refractivity contribution in [3.63, 3.8) is 0 Å². The minimum absolute atomic E-state index is 0.169. The summed E-state index contributed by atoms with van der Waals surface area (Å²) in [5.74, 6) is -0.128. The fourth-order valence-corrected chi connectivity index (χ4v) is 4.26. The number of halogens is 2. The van der Waals surface area contributed by atoms with E-state index in [1.54, 1.807) is 54.6 Å². The molecule has 0 saturated carbocycles. The van der Waals surface area contributed by atoms with Crippen molar-refractivity contribution in [1.29, 1.82) is 0 Å². The van der Waals surface area contributed by atoms with Crippen molar-refractivity contribution in [3.8, 4) is 11.3 Å². The van der Waals surface area contributed by atoms with Gasteiger partial charge >= 0.3 is 0 Å². The quantitative estimate of drug-likeness (QED) is 0.465. The minimum atomic E-state index is -0.554. The summed E-state index contributed by atoms with van der Waals surface area (Å²) in [7, 11) is 0. The van der Waals surface area contributed by atoms with Gasteiger partial charge in [-0.15, -0.1) is 0 Å². The van der Waals surface area contributed by atoms with Gasteiger partial charge in [-0.25, -0.2) is 0 Å². The summed E-state index contributed by atoms with van der Waals surface area (Å²) in [5, 5.41) is 3.07. The third kappa shape index (κ3) is 5.02. The second-order valence-corrected chi connectivity index (χ2v) is 8.41. The van der Waals surface area contributed by atoms with Crippen LogP contribution >= 0.6 is 35.0 Å². The summed E-state index contributed by atoms with van der Waals surface area (Å²) in [6, 6.07) is 17.2. The van der Waals surface area contributed by atoms with E-state index < -0.39 is 17.1 Å². The molecular weight excluding hydrogens is 459 g/mol. The van der Waals surface area contributed by atoms with Crippen LogP contribution in [0.3, 0.4) is 0 Å². The van der Waals surface area contributed by atoms with E-state index >= 15 is 0 Å². The topological polar surface area (TPSA) is 79.6 Å². The van der Waals surface area contributed by atoms with Crippen molar-refractivity contribution >= 4 is 63.8 Å². The first-order valence-electron chi connectivity index (χ1n) is 9.05. The Kier molecular flexibility index (Phi) is 6.18. The lowest BCUT2D eigenvalue weighted by Gasteiger charge is -2.12. The molecule has 9 heteroatoms. The van der Waals surface area contributed by atoms with Crippen LogP contribution in [0.5, 0.6) is 0 Å². The smallest absolute Gasteiger partial charge is 0.294 e. The number of amides is 3. The first-order valence-corrected chi connectivity index (χ1v) is 10.6. The molecule has 1 aromatic heterocycles. The highest BCUT2D eigenvalue weighted by Gasteiger charge is 2.36. The van der Waals surface area contributed by atoms with Crippen LogP contribution in [0, 0.1) is 0 Å². The molecule has 6 nitrogen and oxygen atoms in total. The van der Waals surface area contributed by atoms with Crippen LogP contribution in [0.25, 0.3) is 17.4 Å². The minimum Gasteiger partial charge on any atom is -0.457 e. The molecule has 3 aromatic rings. The van der Waals surface area contributed by atoms with E-state index in [1.165, 1.54) is 6.08 Å².